The number of ether oxygens (including phenoxy) is 2. The zero-order chi connectivity index (χ0) is 14.4. The molecule has 1 fully saturated rings. The van der Waals surface area contributed by atoms with E-state index in [1.165, 1.54) is 19.3 Å². The quantitative estimate of drug-likeness (QED) is 0.733. The number of benzene rings is 1. The molecule has 1 aliphatic carbocycles. The molecule has 0 atom stereocenters. The normalized spacial score (nSPS) is 16.1. The van der Waals surface area contributed by atoms with Crippen LogP contribution < -0.4 is 4.74 Å². The van der Waals surface area contributed by atoms with E-state index in [-0.39, 0.29) is 5.78 Å². The molecule has 2 rings (SSSR count). The van der Waals surface area contributed by atoms with Crippen LogP contribution in [0.2, 0.25) is 0 Å². The molecule has 1 aliphatic rings. The Hall–Kier alpha value is -1.35. The maximum absolute atomic E-state index is 11.5. The lowest BCUT2D eigenvalue weighted by Gasteiger charge is -2.22. The first-order valence-electron chi connectivity index (χ1n) is 7.59. The Morgan fingerprint density at radius 2 is 2.00 bits per heavy atom. The first-order chi connectivity index (χ1) is 9.70. The van der Waals surface area contributed by atoms with Gasteiger partial charge in [0.05, 0.1) is 19.3 Å². The molecule has 3 nitrogen and oxygen atoms in total. The summed E-state index contributed by atoms with van der Waals surface area (Å²) >= 11 is 0. The number of rotatable bonds is 6. The Bertz CT molecular complexity index is 448. The SMILES string of the molecule is CCOc1ccc(C(C)=O)cc1COC1CCCCC1. The summed E-state index contributed by atoms with van der Waals surface area (Å²) in [5.74, 6) is 0.903. The monoisotopic (exact) mass is 276 g/mol. The van der Waals surface area contributed by atoms with Crippen LogP contribution in [0.25, 0.3) is 0 Å². The van der Waals surface area contributed by atoms with E-state index in [4.69, 9.17) is 9.47 Å². The van der Waals surface area contributed by atoms with E-state index in [1.54, 1.807) is 6.92 Å². The Balaban J connectivity index is 2.06. The van der Waals surface area contributed by atoms with Crippen LogP contribution in [0.4, 0.5) is 0 Å². The lowest BCUT2D eigenvalue weighted by molar-refractivity contribution is 0.0159. The fourth-order valence-corrected chi connectivity index (χ4v) is 2.65. The van der Waals surface area contributed by atoms with Gasteiger partial charge >= 0.3 is 0 Å². The van der Waals surface area contributed by atoms with Gasteiger partial charge in [-0.1, -0.05) is 19.3 Å². The van der Waals surface area contributed by atoms with Crippen LogP contribution in [0.3, 0.4) is 0 Å². The Labute approximate surface area is 121 Å². The molecular formula is C17H24O3. The van der Waals surface area contributed by atoms with Crippen molar-refractivity contribution >= 4 is 5.78 Å². The second-order valence-electron chi connectivity index (χ2n) is 5.38. The van der Waals surface area contributed by atoms with E-state index in [0.717, 1.165) is 29.7 Å². The van der Waals surface area contributed by atoms with Gasteiger partial charge in [-0.05, 0) is 44.9 Å². The van der Waals surface area contributed by atoms with Gasteiger partial charge in [-0.15, -0.1) is 0 Å². The highest BCUT2D eigenvalue weighted by Crippen LogP contribution is 2.25. The molecule has 0 bridgehead atoms. The van der Waals surface area contributed by atoms with Crippen LogP contribution in [0.5, 0.6) is 5.75 Å². The van der Waals surface area contributed by atoms with E-state index in [9.17, 15) is 4.79 Å². The lowest BCUT2D eigenvalue weighted by atomic mass is 9.98. The predicted molar refractivity (Wildman–Crippen MR) is 79.3 cm³/mol. The summed E-state index contributed by atoms with van der Waals surface area (Å²) in [6, 6.07) is 5.59. The van der Waals surface area contributed by atoms with Crippen LogP contribution in [-0.2, 0) is 11.3 Å². The molecule has 0 aromatic heterocycles. The third-order valence-electron chi connectivity index (χ3n) is 3.79. The third-order valence-corrected chi connectivity index (χ3v) is 3.79. The zero-order valence-corrected chi connectivity index (χ0v) is 12.5. The van der Waals surface area contributed by atoms with Crippen molar-refractivity contribution in [1.29, 1.82) is 0 Å². The summed E-state index contributed by atoms with van der Waals surface area (Å²) in [5.41, 5.74) is 1.70. The zero-order valence-electron chi connectivity index (χ0n) is 12.5. The molecule has 0 radical (unpaired) electrons. The van der Waals surface area contributed by atoms with Gasteiger partial charge in [-0.25, -0.2) is 0 Å². The van der Waals surface area contributed by atoms with Crippen LogP contribution in [0.15, 0.2) is 18.2 Å². The average molecular weight is 276 g/mol. The Morgan fingerprint density at radius 3 is 2.65 bits per heavy atom. The van der Waals surface area contributed by atoms with Crippen molar-refractivity contribution in [3.8, 4) is 5.75 Å². The van der Waals surface area contributed by atoms with Gasteiger partial charge in [0, 0.05) is 11.1 Å². The molecule has 110 valence electrons. The molecule has 0 unspecified atom stereocenters. The number of hydrogen-bond acceptors (Lipinski definition) is 3. The van der Waals surface area contributed by atoms with Crippen molar-refractivity contribution in [2.75, 3.05) is 6.61 Å². The van der Waals surface area contributed by atoms with Crippen molar-refractivity contribution in [2.45, 2.75) is 58.7 Å². The van der Waals surface area contributed by atoms with Crippen LogP contribution >= 0.6 is 0 Å². The van der Waals surface area contributed by atoms with Crippen molar-refractivity contribution < 1.29 is 14.3 Å². The van der Waals surface area contributed by atoms with E-state index in [1.807, 2.05) is 25.1 Å². The van der Waals surface area contributed by atoms with E-state index in [0.29, 0.717) is 19.3 Å². The lowest BCUT2D eigenvalue weighted by Crippen LogP contribution is -2.16. The van der Waals surface area contributed by atoms with Gasteiger partial charge in [-0.3, -0.25) is 4.79 Å². The molecule has 0 aliphatic heterocycles. The first kappa shape index (κ1) is 15.0. The molecule has 0 amide bonds. The smallest absolute Gasteiger partial charge is 0.159 e. The summed E-state index contributed by atoms with van der Waals surface area (Å²) < 4.78 is 11.6. The molecule has 1 aromatic carbocycles. The van der Waals surface area contributed by atoms with Crippen LogP contribution in [0, 0.1) is 0 Å². The number of ketones is 1. The maximum atomic E-state index is 11.5. The molecule has 0 saturated heterocycles. The molecule has 0 spiro atoms. The van der Waals surface area contributed by atoms with Crippen molar-refractivity contribution in [3.05, 3.63) is 29.3 Å². The van der Waals surface area contributed by atoms with Crippen molar-refractivity contribution in [1.82, 2.24) is 0 Å². The Morgan fingerprint density at radius 1 is 1.25 bits per heavy atom. The van der Waals surface area contributed by atoms with Gasteiger partial charge in [0.15, 0.2) is 5.78 Å². The summed E-state index contributed by atoms with van der Waals surface area (Å²) in [7, 11) is 0. The molecule has 1 aromatic rings. The largest absolute Gasteiger partial charge is 0.494 e. The van der Waals surface area contributed by atoms with Crippen molar-refractivity contribution in [3.63, 3.8) is 0 Å². The summed E-state index contributed by atoms with van der Waals surface area (Å²) in [4.78, 5) is 11.5. The Kier molecular flexibility index (Phi) is 5.60. The van der Waals surface area contributed by atoms with Gasteiger partial charge in [0.25, 0.3) is 0 Å². The van der Waals surface area contributed by atoms with Crippen LogP contribution in [0.1, 0.15) is 61.9 Å². The number of carbonyl (C=O) groups is 1. The molecule has 1 saturated carbocycles. The number of Topliss-reactive ketones (excluding diaryl/α,β-unsaturated/α-hetero) is 1. The molecule has 20 heavy (non-hydrogen) atoms. The summed E-state index contributed by atoms with van der Waals surface area (Å²) in [6.45, 7) is 4.70. The fraction of sp³-hybridized carbons (Fsp3) is 0.588. The fourth-order valence-electron chi connectivity index (χ4n) is 2.65. The highest BCUT2D eigenvalue weighted by atomic mass is 16.5. The second kappa shape index (κ2) is 7.44. The topological polar surface area (TPSA) is 35.5 Å². The van der Waals surface area contributed by atoms with E-state index >= 15 is 0 Å². The van der Waals surface area contributed by atoms with Gasteiger partial charge < -0.3 is 9.47 Å². The minimum Gasteiger partial charge on any atom is -0.494 e. The molecule has 0 heterocycles. The predicted octanol–water partition coefficient (Wildman–Crippen LogP) is 4.14. The number of hydrogen-bond donors (Lipinski definition) is 0. The molecule has 3 heteroatoms. The molecular weight excluding hydrogens is 252 g/mol. The standard InChI is InChI=1S/C17H24O3/c1-3-19-17-10-9-14(13(2)18)11-15(17)12-20-16-7-5-4-6-8-16/h9-11,16H,3-8,12H2,1-2H3. The van der Waals surface area contributed by atoms with Gasteiger partial charge in [-0.2, -0.15) is 0 Å². The number of carbonyl (C=O) groups excluding carboxylic acids is 1. The average Bonchev–Trinajstić information content (AvgIpc) is 2.47. The highest BCUT2D eigenvalue weighted by Gasteiger charge is 2.15. The second-order valence-corrected chi connectivity index (χ2v) is 5.38. The molecule has 0 N–H and O–H groups in total. The first-order valence-corrected chi connectivity index (χ1v) is 7.59. The summed E-state index contributed by atoms with van der Waals surface area (Å²) in [6.07, 6.45) is 6.50. The van der Waals surface area contributed by atoms with Crippen molar-refractivity contribution in [2.24, 2.45) is 0 Å². The third kappa shape index (κ3) is 4.07. The van der Waals surface area contributed by atoms with Crippen LogP contribution in [-0.4, -0.2) is 18.5 Å². The van der Waals surface area contributed by atoms with E-state index in [2.05, 4.69) is 0 Å². The summed E-state index contributed by atoms with van der Waals surface area (Å²) in [5, 5.41) is 0. The maximum Gasteiger partial charge on any atom is 0.159 e. The van der Waals surface area contributed by atoms with Gasteiger partial charge in [0.2, 0.25) is 0 Å². The minimum atomic E-state index is 0.0759. The highest BCUT2D eigenvalue weighted by molar-refractivity contribution is 5.94. The minimum absolute atomic E-state index is 0.0759. The van der Waals surface area contributed by atoms with Gasteiger partial charge in [0.1, 0.15) is 5.75 Å². The van der Waals surface area contributed by atoms with E-state index < -0.39 is 0 Å².